The van der Waals surface area contributed by atoms with E-state index in [9.17, 15) is 0 Å². The fourth-order valence-electron chi connectivity index (χ4n) is 8.16. The molecule has 0 atom stereocenters. The highest BCUT2D eigenvalue weighted by atomic mass is 32.1. The van der Waals surface area contributed by atoms with Crippen molar-refractivity contribution in [1.82, 2.24) is 0 Å². The van der Waals surface area contributed by atoms with Gasteiger partial charge in [0, 0.05) is 59.9 Å². The van der Waals surface area contributed by atoms with Gasteiger partial charge in [0.25, 0.3) is 0 Å². The Bertz CT molecular complexity index is 3450. The SMILES string of the molecule is CCCCCCc1ccc(-c2ccc(C#Cc3cc(C#Cc4ccc(-c5ccc(CCCCCC)s5)s4)c(-c4sc(C#Cc5ccc(C)s5)cc4C#Cc4ccc(-c5ccc(CCCCCC)s5)s4)s3)s2)s1. The maximum absolute atomic E-state index is 3.66. The standard InChI is InChI=1S/C63H58S9/c1-5-8-11-14-17-47-30-36-56(65-47)59-39-33-51(68-59)24-21-45-42-54(28-26-50-23-20-44(4)64-50)71-62(45)63-46(22-25-52-34-40-60(69-52)57-37-31-48(66-57)18-15-12-9-6-2)43-55(72-63)29-27-53-35-41-61(70-53)58-38-32-49(67-58)19-16-13-10-7-3/h20,23,30-43H,5-19H2,1-4H3. The van der Waals surface area contributed by atoms with Gasteiger partial charge in [-0.3, -0.25) is 0 Å². The molecule has 0 radical (unpaired) electrons. The molecule has 364 valence electrons. The molecule has 0 fully saturated rings. The van der Waals surface area contributed by atoms with Crippen LogP contribution in [0.15, 0.2) is 97.1 Å². The molecule has 0 aliphatic heterocycles. The third kappa shape index (κ3) is 14.6. The molecule has 72 heavy (non-hydrogen) atoms. The maximum Gasteiger partial charge on any atom is 0.0792 e. The van der Waals surface area contributed by atoms with Crippen LogP contribution < -0.4 is 0 Å². The van der Waals surface area contributed by atoms with E-state index in [-0.39, 0.29) is 0 Å². The molecule has 0 unspecified atom stereocenters. The van der Waals surface area contributed by atoms with Crippen LogP contribution in [0.2, 0.25) is 0 Å². The van der Waals surface area contributed by atoms with E-state index in [1.165, 1.54) is 132 Å². The minimum absolute atomic E-state index is 0.974. The second kappa shape index (κ2) is 26.7. The molecule has 0 saturated heterocycles. The van der Waals surface area contributed by atoms with Crippen LogP contribution in [0.4, 0.5) is 0 Å². The van der Waals surface area contributed by atoms with E-state index in [1.54, 1.807) is 68.0 Å². The first-order chi connectivity index (χ1) is 35.4. The first-order valence-electron chi connectivity index (χ1n) is 25.4. The van der Waals surface area contributed by atoms with Crippen LogP contribution in [0.25, 0.3) is 39.0 Å². The molecule has 0 amide bonds. The normalized spacial score (nSPS) is 10.9. The third-order valence-electron chi connectivity index (χ3n) is 12.0. The van der Waals surface area contributed by atoms with Gasteiger partial charge in [-0.05, 0) is 166 Å². The van der Waals surface area contributed by atoms with Crippen LogP contribution >= 0.6 is 102 Å². The maximum atomic E-state index is 3.66. The van der Waals surface area contributed by atoms with Crippen molar-refractivity contribution in [2.45, 2.75) is 124 Å². The molecule has 9 heteroatoms. The first kappa shape index (κ1) is 52.4. The lowest BCUT2D eigenvalue weighted by molar-refractivity contribution is 0.670. The van der Waals surface area contributed by atoms with Gasteiger partial charge in [0.1, 0.15) is 0 Å². The van der Waals surface area contributed by atoms with Gasteiger partial charge in [-0.1, -0.05) is 102 Å². The zero-order chi connectivity index (χ0) is 49.5. The molecule has 9 aromatic heterocycles. The molecule has 0 aromatic carbocycles. The quantitative estimate of drug-likeness (QED) is 0.0559. The molecular formula is C63H58S9. The summed E-state index contributed by atoms with van der Waals surface area (Å²) in [5.41, 5.74) is 1.95. The molecule has 0 aliphatic rings. The Balaban J connectivity index is 1.04. The Hall–Kier alpha value is -4.46. The lowest BCUT2D eigenvalue weighted by Gasteiger charge is -1.96. The molecule has 9 heterocycles. The predicted molar refractivity (Wildman–Crippen MR) is 327 cm³/mol. The number of thiophene rings is 9. The van der Waals surface area contributed by atoms with Gasteiger partial charge >= 0.3 is 0 Å². The molecule has 0 N–H and O–H groups in total. The average molecular weight is 1100 g/mol. The zero-order valence-corrected chi connectivity index (χ0v) is 48.9. The minimum atomic E-state index is 0.974. The Morgan fingerprint density at radius 3 is 0.972 bits per heavy atom. The van der Waals surface area contributed by atoms with E-state index >= 15 is 0 Å². The third-order valence-corrected chi connectivity index (χ3v) is 22.2. The number of unbranched alkanes of at least 4 members (excludes halogenated alkanes) is 9. The largest absolute Gasteiger partial charge is 0.139 e. The summed E-state index contributed by atoms with van der Waals surface area (Å²) in [7, 11) is 0. The molecule has 0 nitrogen and oxygen atoms in total. The molecule has 0 bridgehead atoms. The van der Waals surface area contributed by atoms with E-state index in [1.807, 2.05) is 34.0 Å². The van der Waals surface area contributed by atoms with Crippen molar-refractivity contribution in [3.8, 4) is 86.4 Å². The van der Waals surface area contributed by atoms with Gasteiger partial charge < -0.3 is 0 Å². The molecule has 0 aliphatic carbocycles. The van der Waals surface area contributed by atoms with Gasteiger partial charge in [-0.2, -0.15) is 0 Å². The summed E-state index contributed by atoms with van der Waals surface area (Å²) in [5.74, 6) is 28.6. The van der Waals surface area contributed by atoms with Crippen LogP contribution in [-0.4, -0.2) is 0 Å². The van der Waals surface area contributed by atoms with Crippen LogP contribution in [0.3, 0.4) is 0 Å². The van der Waals surface area contributed by atoms with Crippen LogP contribution in [0, 0.1) is 54.3 Å². The highest BCUT2D eigenvalue weighted by Gasteiger charge is 2.17. The van der Waals surface area contributed by atoms with Crippen molar-refractivity contribution < 1.29 is 0 Å². The lowest BCUT2D eigenvalue weighted by atomic mass is 10.1. The summed E-state index contributed by atoms with van der Waals surface area (Å²) in [6.45, 7) is 8.96. The monoisotopic (exact) mass is 1100 g/mol. The fourth-order valence-corrected chi connectivity index (χ4v) is 17.0. The van der Waals surface area contributed by atoms with Crippen LogP contribution in [0.5, 0.6) is 0 Å². The molecule has 9 rings (SSSR count). The zero-order valence-electron chi connectivity index (χ0n) is 41.5. The first-order valence-corrected chi connectivity index (χ1v) is 32.7. The average Bonchev–Trinajstić information content (AvgIpc) is 4.23. The van der Waals surface area contributed by atoms with E-state index in [4.69, 9.17) is 0 Å². The Morgan fingerprint density at radius 1 is 0.292 bits per heavy atom. The van der Waals surface area contributed by atoms with Crippen molar-refractivity contribution in [1.29, 1.82) is 0 Å². The lowest BCUT2D eigenvalue weighted by Crippen LogP contribution is -1.80. The van der Waals surface area contributed by atoms with Crippen molar-refractivity contribution >= 4 is 102 Å². The topological polar surface area (TPSA) is 0 Å². The minimum Gasteiger partial charge on any atom is -0.139 e. The van der Waals surface area contributed by atoms with E-state index in [0.717, 1.165) is 63.0 Å². The Morgan fingerprint density at radius 2 is 0.611 bits per heavy atom. The van der Waals surface area contributed by atoms with E-state index < -0.39 is 0 Å². The number of aryl methyl sites for hydroxylation is 4. The van der Waals surface area contributed by atoms with Crippen LogP contribution in [-0.2, 0) is 19.3 Å². The second-order valence-electron chi connectivity index (χ2n) is 17.8. The van der Waals surface area contributed by atoms with Crippen molar-refractivity contribution in [3.05, 3.63) is 157 Å². The van der Waals surface area contributed by atoms with E-state index in [2.05, 4.69) is 172 Å². The highest BCUT2D eigenvalue weighted by Crippen LogP contribution is 2.41. The summed E-state index contributed by atoms with van der Waals surface area (Å²) in [6.07, 6.45) is 19.0. The summed E-state index contributed by atoms with van der Waals surface area (Å²) < 4.78 is 0. The van der Waals surface area contributed by atoms with Gasteiger partial charge in [0.15, 0.2) is 0 Å². The summed E-state index contributed by atoms with van der Waals surface area (Å²) in [5, 5.41) is 0. The van der Waals surface area contributed by atoms with E-state index in [0.29, 0.717) is 0 Å². The number of rotatable bonds is 19. The highest BCUT2D eigenvalue weighted by molar-refractivity contribution is 7.24. The summed E-state index contributed by atoms with van der Waals surface area (Å²) >= 11 is 16.3. The van der Waals surface area contributed by atoms with Gasteiger partial charge in [-0.15, -0.1) is 102 Å². The number of hydrogen-bond acceptors (Lipinski definition) is 9. The predicted octanol–water partition coefficient (Wildman–Crippen LogP) is 21.2. The summed E-state index contributed by atoms with van der Waals surface area (Å²) in [4.78, 5) is 21.9. The number of hydrogen-bond donors (Lipinski definition) is 0. The Labute approximate surface area is 465 Å². The summed E-state index contributed by atoms with van der Waals surface area (Å²) in [6, 6.07) is 35.7. The van der Waals surface area contributed by atoms with Gasteiger partial charge in [-0.25, -0.2) is 0 Å². The molecule has 0 saturated carbocycles. The molecule has 0 spiro atoms. The smallest absolute Gasteiger partial charge is 0.0792 e. The van der Waals surface area contributed by atoms with Crippen molar-refractivity contribution in [3.63, 3.8) is 0 Å². The van der Waals surface area contributed by atoms with Gasteiger partial charge in [0.05, 0.1) is 39.0 Å². The van der Waals surface area contributed by atoms with Crippen LogP contribution in [0.1, 0.15) is 158 Å². The molecular weight excluding hydrogens is 1050 g/mol. The molecule has 9 aromatic rings. The van der Waals surface area contributed by atoms with Crippen molar-refractivity contribution in [2.24, 2.45) is 0 Å². The fraction of sp³-hybridized carbons (Fsp3) is 0.302. The van der Waals surface area contributed by atoms with Gasteiger partial charge in [0.2, 0.25) is 0 Å². The second-order valence-corrected chi connectivity index (χ2v) is 28.0. The Kier molecular flexibility index (Phi) is 19.4. The van der Waals surface area contributed by atoms with Crippen molar-refractivity contribution in [2.75, 3.05) is 0 Å².